The first-order chi connectivity index (χ1) is 18.0. The summed E-state index contributed by atoms with van der Waals surface area (Å²) in [5.41, 5.74) is 2.15. The Bertz CT molecular complexity index is 1490. The second-order valence-electron chi connectivity index (χ2n) is 8.08. The first-order valence-corrected chi connectivity index (χ1v) is 12.4. The molecule has 0 saturated carbocycles. The molecule has 0 aliphatic rings. The fraction of sp³-hybridized carbons (Fsp3) is 0.133. The molecule has 0 aliphatic heterocycles. The van der Waals surface area contributed by atoms with Crippen LogP contribution in [0.4, 0.5) is 5.69 Å². The molecule has 0 heterocycles. The smallest absolute Gasteiger partial charge is 0.266 e. The van der Waals surface area contributed by atoms with Gasteiger partial charge in [-0.1, -0.05) is 52.3 Å². The molecule has 0 aromatic heterocycles. The standard InChI is InChI=1S/C30H25BrN2O4/c1-3-36-28-16-23(15-24(18-32)30(34)33-25-10-12-26(35-2)13-11-25)27(31)17-29(28)37-19-20-8-9-21-6-4-5-7-22(21)14-20/h4-17H,3,19H2,1-2H3,(H,33,34)/b24-15+. The number of carbonyl (C=O) groups excluding carboxylic acids is 1. The van der Waals surface area contributed by atoms with E-state index in [2.05, 4.69) is 45.5 Å². The van der Waals surface area contributed by atoms with E-state index in [1.165, 1.54) is 11.5 Å². The van der Waals surface area contributed by atoms with Crippen molar-refractivity contribution in [2.24, 2.45) is 0 Å². The predicted octanol–water partition coefficient (Wildman–Crippen LogP) is 7.13. The summed E-state index contributed by atoms with van der Waals surface area (Å²) in [6.07, 6.45) is 1.51. The number of hydrogen-bond acceptors (Lipinski definition) is 5. The van der Waals surface area contributed by atoms with Crippen LogP contribution in [0.5, 0.6) is 17.2 Å². The average Bonchev–Trinajstić information content (AvgIpc) is 2.92. The van der Waals surface area contributed by atoms with Crippen LogP contribution >= 0.6 is 15.9 Å². The summed E-state index contributed by atoms with van der Waals surface area (Å²) in [5, 5.41) is 14.7. The molecule has 0 spiro atoms. The summed E-state index contributed by atoms with van der Waals surface area (Å²) >= 11 is 3.55. The molecule has 186 valence electrons. The van der Waals surface area contributed by atoms with Crippen molar-refractivity contribution in [2.75, 3.05) is 19.0 Å². The highest BCUT2D eigenvalue weighted by atomic mass is 79.9. The third-order valence-corrected chi connectivity index (χ3v) is 6.27. The van der Waals surface area contributed by atoms with E-state index in [4.69, 9.17) is 14.2 Å². The molecule has 0 radical (unpaired) electrons. The molecule has 6 nitrogen and oxygen atoms in total. The van der Waals surface area contributed by atoms with Gasteiger partial charge in [-0.15, -0.1) is 0 Å². The molecule has 1 N–H and O–H groups in total. The number of carbonyl (C=O) groups is 1. The summed E-state index contributed by atoms with van der Waals surface area (Å²) in [6.45, 7) is 2.67. The van der Waals surface area contributed by atoms with Gasteiger partial charge in [0.25, 0.3) is 5.91 Å². The van der Waals surface area contributed by atoms with Crippen LogP contribution in [0.25, 0.3) is 16.8 Å². The van der Waals surface area contributed by atoms with E-state index in [1.54, 1.807) is 43.5 Å². The van der Waals surface area contributed by atoms with Crippen molar-refractivity contribution in [3.05, 3.63) is 100 Å². The number of rotatable bonds is 9. The number of nitriles is 1. The first kappa shape index (κ1) is 25.8. The molecule has 0 aliphatic carbocycles. The van der Waals surface area contributed by atoms with Crippen LogP contribution in [0, 0.1) is 11.3 Å². The summed E-state index contributed by atoms with van der Waals surface area (Å²) in [5.74, 6) is 1.23. The molecule has 1 amide bonds. The summed E-state index contributed by atoms with van der Waals surface area (Å²) < 4.78 is 17.7. The van der Waals surface area contributed by atoms with Crippen LogP contribution in [-0.4, -0.2) is 19.6 Å². The molecule has 0 fully saturated rings. The Hall–Kier alpha value is -4.28. The highest BCUT2D eigenvalue weighted by molar-refractivity contribution is 9.10. The van der Waals surface area contributed by atoms with E-state index in [0.717, 1.165) is 10.9 Å². The molecule has 0 bridgehead atoms. The van der Waals surface area contributed by atoms with Gasteiger partial charge in [-0.25, -0.2) is 0 Å². The maximum Gasteiger partial charge on any atom is 0.266 e. The van der Waals surface area contributed by atoms with Gasteiger partial charge < -0.3 is 19.5 Å². The molecule has 0 atom stereocenters. The van der Waals surface area contributed by atoms with Crippen molar-refractivity contribution < 1.29 is 19.0 Å². The zero-order chi connectivity index (χ0) is 26.2. The zero-order valence-electron chi connectivity index (χ0n) is 20.5. The SMILES string of the molecule is CCOc1cc(/C=C(\C#N)C(=O)Nc2ccc(OC)cc2)c(Br)cc1OCc1ccc2ccccc2c1. The lowest BCUT2D eigenvalue weighted by atomic mass is 10.1. The van der Waals surface area contributed by atoms with Gasteiger partial charge in [0.15, 0.2) is 11.5 Å². The van der Waals surface area contributed by atoms with Gasteiger partial charge >= 0.3 is 0 Å². The molecular weight excluding hydrogens is 532 g/mol. The van der Waals surface area contributed by atoms with E-state index in [-0.39, 0.29) is 5.57 Å². The number of nitrogens with one attached hydrogen (secondary N) is 1. The number of nitrogens with zero attached hydrogens (tertiary/aromatic N) is 1. The molecule has 7 heteroatoms. The number of amides is 1. The second-order valence-corrected chi connectivity index (χ2v) is 8.93. The maximum atomic E-state index is 12.7. The van der Waals surface area contributed by atoms with Crippen molar-refractivity contribution in [2.45, 2.75) is 13.5 Å². The monoisotopic (exact) mass is 556 g/mol. The Morgan fingerprint density at radius 3 is 2.41 bits per heavy atom. The number of methoxy groups -OCH3 is 1. The fourth-order valence-corrected chi connectivity index (χ4v) is 4.15. The lowest BCUT2D eigenvalue weighted by molar-refractivity contribution is -0.112. The maximum absolute atomic E-state index is 12.7. The Kier molecular flexibility index (Phi) is 8.44. The molecule has 0 saturated heterocycles. The predicted molar refractivity (Wildman–Crippen MR) is 149 cm³/mol. The number of hydrogen-bond donors (Lipinski definition) is 1. The highest BCUT2D eigenvalue weighted by Gasteiger charge is 2.14. The van der Waals surface area contributed by atoms with Gasteiger partial charge in [0.1, 0.15) is 24.0 Å². The summed E-state index contributed by atoms with van der Waals surface area (Å²) in [4.78, 5) is 12.7. The van der Waals surface area contributed by atoms with Crippen molar-refractivity contribution in [1.82, 2.24) is 0 Å². The van der Waals surface area contributed by atoms with E-state index >= 15 is 0 Å². The van der Waals surface area contributed by atoms with E-state index in [1.807, 2.05) is 31.2 Å². The van der Waals surface area contributed by atoms with E-state index in [0.29, 0.717) is 46.2 Å². The van der Waals surface area contributed by atoms with Gasteiger partial charge in [0.05, 0.1) is 13.7 Å². The van der Waals surface area contributed by atoms with Gasteiger partial charge in [-0.2, -0.15) is 5.26 Å². The summed E-state index contributed by atoms with van der Waals surface area (Å²) in [6, 6.07) is 26.8. The normalized spacial score (nSPS) is 11.0. The molecular formula is C30H25BrN2O4. The second kappa shape index (κ2) is 12.1. The third-order valence-electron chi connectivity index (χ3n) is 5.58. The van der Waals surface area contributed by atoms with Crippen molar-refractivity contribution >= 4 is 44.4 Å². The lowest BCUT2D eigenvalue weighted by Crippen LogP contribution is -2.13. The first-order valence-electron chi connectivity index (χ1n) is 11.6. The van der Waals surface area contributed by atoms with Crippen molar-refractivity contribution in [3.63, 3.8) is 0 Å². The quantitative estimate of drug-likeness (QED) is 0.175. The Morgan fingerprint density at radius 1 is 0.973 bits per heavy atom. The minimum atomic E-state index is -0.519. The summed E-state index contributed by atoms with van der Waals surface area (Å²) in [7, 11) is 1.57. The number of ether oxygens (including phenoxy) is 3. The van der Waals surface area contributed by atoms with Gasteiger partial charge in [-0.05, 0) is 77.4 Å². The number of halogens is 1. The van der Waals surface area contributed by atoms with Crippen molar-refractivity contribution in [3.8, 4) is 23.3 Å². The van der Waals surface area contributed by atoms with Gasteiger partial charge in [0.2, 0.25) is 0 Å². The minimum Gasteiger partial charge on any atom is -0.497 e. The fourth-order valence-electron chi connectivity index (χ4n) is 3.71. The van der Waals surface area contributed by atoms with E-state index < -0.39 is 5.91 Å². The molecule has 4 rings (SSSR count). The minimum absolute atomic E-state index is 0.0520. The lowest BCUT2D eigenvalue weighted by Gasteiger charge is -2.14. The van der Waals surface area contributed by atoms with Gasteiger partial charge in [-0.3, -0.25) is 4.79 Å². The van der Waals surface area contributed by atoms with Crippen LogP contribution in [0.3, 0.4) is 0 Å². The number of benzene rings is 4. The van der Waals surface area contributed by atoms with Crippen molar-refractivity contribution in [1.29, 1.82) is 5.26 Å². The Morgan fingerprint density at radius 2 is 1.70 bits per heavy atom. The van der Waals surface area contributed by atoms with Crippen LogP contribution < -0.4 is 19.5 Å². The van der Waals surface area contributed by atoms with Gasteiger partial charge in [0, 0.05) is 10.2 Å². The molecule has 37 heavy (non-hydrogen) atoms. The highest BCUT2D eigenvalue weighted by Crippen LogP contribution is 2.35. The third kappa shape index (κ3) is 6.49. The van der Waals surface area contributed by atoms with Crippen LogP contribution in [0.15, 0.2) is 88.9 Å². The Labute approximate surface area is 224 Å². The zero-order valence-corrected chi connectivity index (χ0v) is 22.0. The van der Waals surface area contributed by atoms with Crippen LogP contribution in [0.2, 0.25) is 0 Å². The molecule has 4 aromatic rings. The topological polar surface area (TPSA) is 80.6 Å². The largest absolute Gasteiger partial charge is 0.497 e. The molecule has 4 aromatic carbocycles. The number of anilines is 1. The average molecular weight is 557 g/mol. The molecule has 0 unspecified atom stereocenters. The van der Waals surface area contributed by atoms with E-state index in [9.17, 15) is 10.1 Å². The Balaban J connectivity index is 1.54. The van der Waals surface area contributed by atoms with Crippen LogP contribution in [-0.2, 0) is 11.4 Å². The van der Waals surface area contributed by atoms with Crippen LogP contribution in [0.1, 0.15) is 18.1 Å². The number of fused-ring (bicyclic) bond motifs is 1.